The Morgan fingerprint density at radius 1 is 1.11 bits per heavy atom. The summed E-state index contributed by atoms with van der Waals surface area (Å²) in [5.41, 5.74) is 0.791. The van der Waals surface area contributed by atoms with Crippen molar-refractivity contribution >= 4 is 16.8 Å². The predicted octanol–water partition coefficient (Wildman–Crippen LogP) is 2.62. The van der Waals surface area contributed by atoms with Gasteiger partial charge >= 0.3 is 0 Å². The summed E-state index contributed by atoms with van der Waals surface area (Å²) in [6.07, 6.45) is 7.47. The molecule has 0 spiro atoms. The van der Waals surface area contributed by atoms with Gasteiger partial charge < -0.3 is 14.0 Å². The molecule has 0 bridgehead atoms. The Balaban J connectivity index is 1.45. The summed E-state index contributed by atoms with van der Waals surface area (Å²) in [6, 6.07) is 8.97. The second-order valence-electron chi connectivity index (χ2n) is 7.05. The number of rotatable bonds is 4. The summed E-state index contributed by atoms with van der Waals surface area (Å²) in [7, 11) is 0. The highest BCUT2D eigenvalue weighted by Crippen LogP contribution is 2.27. The van der Waals surface area contributed by atoms with E-state index < -0.39 is 0 Å². The molecular formula is C21H24N4O2. The molecule has 2 aromatic heterocycles. The number of benzene rings is 1. The Labute approximate surface area is 158 Å². The molecule has 3 aromatic rings. The molecule has 1 aliphatic rings. The Morgan fingerprint density at radius 3 is 2.67 bits per heavy atom. The molecule has 0 radical (unpaired) electrons. The highest BCUT2D eigenvalue weighted by atomic mass is 16.2. The topological polar surface area (TPSA) is 60.1 Å². The average Bonchev–Trinajstić information content (AvgIpc) is 3.19. The Kier molecular flexibility index (Phi) is 4.79. The van der Waals surface area contributed by atoms with E-state index in [1.165, 1.54) is 6.07 Å². The lowest BCUT2D eigenvalue weighted by Gasteiger charge is -2.32. The van der Waals surface area contributed by atoms with Gasteiger partial charge in [0, 0.05) is 55.6 Å². The van der Waals surface area contributed by atoms with E-state index >= 15 is 0 Å². The quantitative estimate of drug-likeness (QED) is 0.715. The van der Waals surface area contributed by atoms with E-state index in [-0.39, 0.29) is 17.9 Å². The van der Waals surface area contributed by atoms with E-state index in [9.17, 15) is 9.59 Å². The third kappa shape index (κ3) is 3.39. The molecule has 140 valence electrons. The first kappa shape index (κ1) is 17.5. The molecule has 1 amide bonds. The number of hydrogen-bond acceptors (Lipinski definition) is 3. The molecule has 0 aliphatic carbocycles. The lowest BCUT2D eigenvalue weighted by atomic mass is 9.96. The van der Waals surface area contributed by atoms with Crippen molar-refractivity contribution in [2.45, 2.75) is 38.8 Å². The first-order chi connectivity index (χ1) is 13.2. The average molecular weight is 364 g/mol. The van der Waals surface area contributed by atoms with Crippen LogP contribution < -0.4 is 5.43 Å². The maximum Gasteiger partial charge on any atom is 0.242 e. The van der Waals surface area contributed by atoms with Gasteiger partial charge in [-0.25, -0.2) is 4.98 Å². The Morgan fingerprint density at radius 2 is 1.89 bits per heavy atom. The number of amides is 1. The lowest BCUT2D eigenvalue weighted by Crippen LogP contribution is -2.40. The van der Waals surface area contributed by atoms with Crippen LogP contribution in [0.4, 0.5) is 0 Å². The molecule has 6 nitrogen and oxygen atoms in total. The van der Waals surface area contributed by atoms with Gasteiger partial charge in [0.1, 0.15) is 12.4 Å². The molecule has 0 saturated carbocycles. The van der Waals surface area contributed by atoms with Crippen LogP contribution in [0.15, 0.2) is 53.7 Å². The molecule has 6 heteroatoms. The van der Waals surface area contributed by atoms with Gasteiger partial charge in [-0.3, -0.25) is 9.59 Å². The Bertz CT molecular complexity index is 1010. The van der Waals surface area contributed by atoms with E-state index in [0.717, 1.165) is 43.8 Å². The van der Waals surface area contributed by atoms with Crippen molar-refractivity contribution in [1.82, 2.24) is 19.0 Å². The monoisotopic (exact) mass is 364 g/mol. The van der Waals surface area contributed by atoms with E-state index in [1.807, 2.05) is 40.1 Å². The number of carbonyl (C=O) groups excluding carboxylic acids is 1. The van der Waals surface area contributed by atoms with Crippen LogP contribution >= 0.6 is 0 Å². The van der Waals surface area contributed by atoms with Gasteiger partial charge in [0.2, 0.25) is 5.91 Å². The fraction of sp³-hybridized carbons (Fsp3) is 0.381. The second kappa shape index (κ2) is 7.39. The van der Waals surface area contributed by atoms with E-state index in [2.05, 4.69) is 16.5 Å². The number of piperidine rings is 1. The van der Waals surface area contributed by atoms with E-state index in [1.54, 1.807) is 12.3 Å². The third-order valence-corrected chi connectivity index (χ3v) is 5.49. The number of aryl methyl sites for hydroxylation is 1. The van der Waals surface area contributed by atoms with Crippen molar-refractivity contribution in [2.24, 2.45) is 0 Å². The minimum Gasteiger partial charge on any atom is -0.341 e. The number of pyridine rings is 1. The Hall–Kier alpha value is -2.89. The smallest absolute Gasteiger partial charge is 0.242 e. The summed E-state index contributed by atoms with van der Waals surface area (Å²) in [5, 5.41) is 0.651. The van der Waals surface area contributed by atoms with Gasteiger partial charge in [0.15, 0.2) is 5.43 Å². The van der Waals surface area contributed by atoms with Crippen molar-refractivity contribution in [3.63, 3.8) is 0 Å². The largest absolute Gasteiger partial charge is 0.341 e. The summed E-state index contributed by atoms with van der Waals surface area (Å²) >= 11 is 0. The summed E-state index contributed by atoms with van der Waals surface area (Å²) in [5.74, 6) is 1.65. The van der Waals surface area contributed by atoms with Crippen LogP contribution in [0.1, 0.15) is 31.5 Å². The van der Waals surface area contributed by atoms with Gasteiger partial charge in [0.25, 0.3) is 0 Å². The SMILES string of the molecule is CCn1ccnc1C1CCN(C(=O)Cn2ccc(=O)c3ccccc32)CC1. The van der Waals surface area contributed by atoms with Crippen LogP contribution in [0.5, 0.6) is 0 Å². The molecular weight excluding hydrogens is 340 g/mol. The normalized spacial score (nSPS) is 15.4. The number of hydrogen-bond donors (Lipinski definition) is 0. The molecule has 4 rings (SSSR count). The van der Waals surface area contributed by atoms with Gasteiger partial charge in [-0.05, 0) is 31.9 Å². The second-order valence-corrected chi connectivity index (χ2v) is 7.05. The molecule has 0 N–H and O–H groups in total. The summed E-state index contributed by atoms with van der Waals surface area (Å²) < 4.78 is 4.06. The zero-order valence-electron chi connectivity index (χ0n) is 15.5. The number of para-hydroxylation sites is 1. The van der Waals surface area contributed by atoms with Gasteiger partial charge in [0.05, 0.1) is 5.52 Å². The number of nitrogens with zero attached hydrogens (tertiary/aromatic N) is 4. The van der Waals surface area contributed by atoms with Crippen molar-refractivity contribution in [2.75, 3.05) is 13.1 Å². The highest BCUT2D eigenvalue weighted by molar-refractivity contribution is 5.82. The van der Waals surface area contributed by atoms with E-state index in [4.69, 9.17) is 0 Å². The molecule has 27 heavy (non-hydrogen) atoms. The number of aromatic nitrogens is 3. The fourth-order valence-electron chi connectivity index (χ4n) is 3.98. The first-order valence-corrected chi connectivity index (χ1v) is 9.54. The minimum atomic E-state index is -0.0125. The number of carbonyl (C=O) groups is 1. The number of fused-ring (bicyclic) bond motifs is 1. The maximum absolute atomic E-state index is 12.8. The van der Waals surface area contributed by atoms with Crippen LogP contribution in [-0.4, -0.2) is 38.0 Å². The zero-order chi connectivity index (χ0) is 18.8. The van der Waals surface area contributed by atoms with Crippen LogP contribution in [0.25, 0.3) is 10.9 Å². The predicted molar refractivity (Wildman–Crippen MR) is 105 cm³/mol. The van der Waals surface area contributed by atoms with Crippen LogP contribution in [0.3, 0.4) is 0 Å². The van der Waals surface area contributed by atoms with Crippen molar-refractivity contribution in [1.29, 1.82) is 0 Å². The summed E-state index contributed by atoms with van der Waals surface area (Å²) in [4.78, 5) is 31.3. The molecule has 1 saturated heterocycles. The van der Waals surface area contributed by atoms with Gasteiger partial charge in [-0.2, -0.15) is 0 Å². The van der Waals surface area contributed by atoms with Crippen LogP contribution in [0, 0.1) is 0 Å². The maximum atomic E-state index is 12.8. The van der Waals surface area contributed by atoms with Crippen LogP contribution in [0.2, 0.25) is 0 Å². The summed E-state index contributed by atoms with van der Waals surface area (Å²) in [6.45, 7) is 4.80. The van der Waals surface area contributed by atoms with Crippen molar-refractivity contribution in [3.05, 3.63) is 65.0 Å². The molecule has 1 aliphatic heterocycles. The molecule has 0 atom stereocenters. The zero-order valence-corrected chi connectivity index (χ0v) is 15.5. The van der Waals surface area contributed by atoms with E-state index in [0.29, 0.717) is 11.3 Å². The van der Waals surface area contributed by atoms with Gasteiger partial charge in [-0.15, -0.1) is 0 Å². The van der Waals surface area contributed by atoms with Crippen molar-refractivity contribution in [3.8, 4) is 0 Å². The third-order valence-electron chi connectivity index (χ3n) is 5.49. The molecule has 3 heterocycles. The molecule has 1 aromatic carbocycles. The molecule has 1 fully saturated rings. The van der Waals surface area contributed by atoms with Gasteiger partial charge in [-0.1, -0.05) is 12.1 Å². The lowest BCUT2D eigenvalue weighted by molar-refractivity contribution is -0.132. The van der Waals surface area contributed by atoms with Crippen molar-refractivity contribution < 1.29 is 4.79 Å². The van der Waals surface area contributed by atoms with Crippen LogP contribution in [-0.2, 0) is 17.9 Å². The highest BCUT2D eigenvalue weighted by Gasteiger charge is 2.26. The number of likely N-dealkylation sites (tertiary alicyclic amines) is 1. The minimum absolute atomic E-state index is 0.0125. The fourth-order valence-corrected chi connectivity index (χ4v) is 3.98. The standard InChI is InChI=1S/C21H24N4O2/c1-2-23-14-10-22-21(23)16-7-11-24(12-8-16)20(27)15-25-13-9-19(26)17-5-3-4-6-18(17)25/h3-6,9-10,13-14,16H,2,7-8,11-12,15H2,1H3. The number of imidazole rings is 1. The molecule has 0 unspecified atom stereocenters. The first-order valence-electron chi connectivity index (χ1n) is 9.54.